The minimum Gasteiger partial charge on any atom is -0.452 e. The Morgan fingerprint density at radius 2 is 2.04 bits per heavy atom. The fourth-order valence-electron chi connectivity index (χ4n) is 2.97. The monoisotopic (exact) mass is 397 g/mol. The van der Waals surface area contributed by atoms with Crippen LogP contribution in [0, 0.1) is 0 Å². The maximum Gasteiger partial charge on any atom is 0.339 e. The van der Waals surface area contributed by atoms with Crippen LogP contribution < -0.4 is 0 Å². The summed E-state index contributed by atoms with van der Waals surface area (Å²) in [6.45, 7) is -0.126. The number of imide groups is 1. The Hall–Kier alpha value is -1.87. The maximum atomic E-state index is 12.4. The normalized spacial score (nSPS) is 21.8. The summed E-state index contributed by atoms with van der Waals surface area (Å²) < 4.78 is 28.3. The van der Waals surface area contributed by atoms with Gasteiger partial charge in [0.25, 0.3) is 5.91 Å². The number of rotatable bonds is 5. The molecule has 26 heavy (non-hydrogen) atoms. The molecule has 2 aliphatic rings. The van der Waals surface area contributed by atoms with Gasteiger partial charge in [-0.05, 0) is 25.0 Å². The van der Waals surface area contributed by atoms with E-state index in [0.717, 1.165) is 4.90 Å². The average Bonchev–Trinajstić information content (AvgIpc) is 3.18. The molecule has 0 unspecified atom stereocenters. The third kappa shape index (κ3) is 4.45. The van der Waals surface area contributed by atoms with E-state index in [-0.39, 0.29) is 22.7 Å². The zero-order chi connectivity index (χ0) is 18.7. The van der Waals surface area contributed by atoms with Crippen molar-refractivity contribution in [1.29, 1.82) is 0 Å². The van der Waals surface area contributed by atoms with Gasteiger partial charge < -0.3 is 4.74 Å². The van der Waals surface area contributed by atoms with E-state index in [9.17, 15) is 22.8 Å². The Kier molecular flexibility index (Phi) is 5.67. The van der Waals surface area contributed by atoms with Crippen molar-refractivity contribution in [2.75, 3.05) is 24.7 Å². The second-order valence-corrected chi connectivity index (χ2v) is 9.83. The first-order valence-corrected chi connectivity index (χ1v) is 11.0. The van der Waals surface area contributed by atoms with Gasteiger partial charge in [-0.25, -0.2) is 13.2 Å². The molecule has 0 saturated carbocycles. The Bertz CT molecular complexity index is 835. The Labute approximate surface area is 156 Å². The maximum absolute atomic E-state index is 12.4. The molecule has 0 aliphatic carbocycles. The number of nitrogens with zero attached hydrogens (tertiary/aromatic N) is 1. The molecule has 2 heterocycles. The fourth-order valence-corrected chi connectivity index (χ4v) is 6.58. The van der Waals surface area contributed by atoms with Gasteiger partial charge in [0.1, 0.15) is 0 Å². The van der Waals surface area contributed by atoms with Crippen molar-refractivity contribution >= 4 is 39.4 Å². The van der Waals surface area contributed by atoms with E-state index in [1.807, 2.05) is 0 Å². The molecule has 7 nitrogen and oxygen atoms in total. The first-order chi connectivity index (χ1) is 12.4. The number of carbonyl (C=O) groups excluding carboxylic acids is 3. The summed E-state index contributed by atoms with van der Waals surface area (Å²) in [5.41, 5.74) is 0.294. The van der Waals surface area contributed by atoms with Crippen molar-refractivity contribution in [3.8, 4) is 0 Å². The van der Waals surface area contributed by atoms with Crippen LogP contribution in [0.25, 0.3) is 0 Å². The third-order valence-corrected chi connectivity index (χ3v) is 7.62. The molecule has 0 spiro atoms. The highest BCUT2D eigenvalue weighted by molar-refractivity contribution is 8.02. The van der Waals surface area contributed by atoms with Crippen LogP contribution in [0.15, 0.2) is 29.2 Å². The van der Waals surface area contributed by atoms with Crippen molar-refractivity contribution in [2.45, 2.75) is 29.4 Å². The minimum atomic E-state index is -3.00. The van der Waals surface area contributed by atoms with E-state index < -0.39 is 28.3 Å². The number of thioether (sulfide) groups is 1. The molecule has 1 aromatic carbocycles. The highest BCUT2D eigenvalue weighted by Gasteiger charge is 2.30. The largest absolute Gasteiger partial charge is 0.452 e. The number of carbonyl (C=O) groups is 3. The number of benzene rings is 1. The van der Waals surface area contributed by atoms with Gasteiger partial charge in [-0.1, -0.05) is 12.1 Å². The third-order valence-electron chi connectivity index (χ3n) is 4.29. The number of esters is 1. The standard InChI is InChI=1S/C17H19NO6S2/c19-15-6-3-8-18(15)16(20)10-24-17(21)13-4-1-2-5-14(13)25-12-7-9-26(22,23)11-12/h1-2,4-5,12H,3,6-11H2/t12-/m1/s1. The molecule has 1 atom stereocenters. The number of amides is 2. The van der Waals surface area contributed by atoms with Crippen LogP contribution in [-0.2, 0) is 24.2 Å². The van der Waals surface area contributed by atoms with Gasteiger partial charge in [0.05, 0.1) is 17.1 Å². The predicted octanol–water partition coefficient (Wildman–Crippen LogP) is 1.27. The predicted molar refractivity (Wildman–Crippen MR) is 95.6 cm³/mol. The number of likely N-dealkylation sites (tertiary alicyclic amines) is 1. The highest BCUT2D eigenvalue weighted by Crippen LogP contribution is 2.33. The number of hydrogen-bond donors (Lipinski definition) is 0. The van der Waals surface area contributed by atoms with Crippen LogP contribution in [0.2, 0.25) is 0 Å². The van der Waals surface area contributed by atoms with Crippen molar-refractivity contribution in [3.05, 3.63) is 29.8 Å². The number of sulfone groups is 1. The van der Waals surface area contributed by atoms with E-state index in [4.69, 9.17) is 4.74 Å². The van der Waals surface area contributed by atoms with Crippen LogP contribution in [0.5, 0.6) is 0 Å². The molecule has 3 rings (SSSR count). The van der Waals surface area contributed by atoms with Crippen LogP contribution in [0.1, 0.15) is 29.6 Å². The minimum absolute atomic E-state index is 0.0939. The molecule has 0 radical (unpaired) electrons. The van der Waals surface area contributed by atoms with Crippen molar-refractivity contribution in [2.24, 2.45) is 0 Å². The Morgan fingerprint density at radius 3 is 2.69 bits per heavy atom. The Morgan fingerprint density at radius 1 is 1.27 bits per heavy atom. The van der Waals surface area contributed by atoms with Crippen molar-refractivity contribution < 1.29 is 27.5 Å². The zero-order valence-corrected chi connectivity index (χ0v) is 15.7. The molecule has 0 aromatic heterocycles. The quantitative estimate of drug-likeness (QED) is 0.690. The van der Waals surface area contributed by atoms with Crippen LogP contribution in [0.3, 0.4) is 0 Å². The molecule has 2 aliphatic heterocycles. The fraction of sp³-hybridized carbons (Fsp3) is 0.471. The summed E-state index contributed by atoms with van der Waals surface area (Å²) in [4.78, 5) is 37.6. The first-order valence-electron chi connectivity index (χ1n) is 8.32. The topological polar surface area (TPSA) is 97.8 Å². The summed E-state index contributed by atoms with van der Waals surface area (Å²) in [6.07, 6.45) is 1.51. The average molecular weight is 397 g/mol. The zero-order valence-electron chi connectivity index (χ0n) is 14.0. The molecule has 0 bridgehead atoms. The molecule has 1 aromatic rings. The van der Waals surface area contributed by atoms with Gasteiger partial charge in [0, 0.05) is 23.1 Å². The van der Waals surface area contributed by atoms with Crippen LogP contribution >= 0.6 is 11.8 Å². The molecular formula is C17H19NO6S2. The van der Waals surface area contributed by atoms with Crippen molar-refractivity contribution in [1.82, 2.24) is 4.90 Å². The van der Waals surface area contributed by atoms with E-state index in [0.29, 0.717) is 36.3 Å². The second-order valence-electron chi connectivity index (χ2n) is 6.26. The number of hydrogen-bond acceptors (Lipinski definition) is 7. The lowest BCUT2D eigenvalue weighted by atomic mass is 10.2. The lowest BCUT2D eigenvalue weighted by Crippen LogP contribution is -2.35. The van der Waals surface area contributed by atoms with Gasteiger partial charge in [0.15, 0.2) is 16.4 Å². The van der Waals surface area contributed by atoms with Gasteiger partial charge >= 0.3 is 5.97 Å². The number of ether oxygens (including phenoxy) is 1. The smallest absolute Gasteiger partial charge is 0.339 e. The van der Waals surface area contributed by atoms with Crippen molar-refractivity contribution in [3.63, 3.8) is 0 Å². The van der Waals surface area contributed by atoms with E-state index in [2.05, 4.69) is 0 Å². The summed E-state index contributed by atoms with van der Waals surface area (Å²) >= 11 is 1.34. The molecule has 2 fully saturated rings. The van der Waals surface area contributed by atoms with Crippen LogP contribution in [0.4, 0.5) is 0 Å². The van der Waals surface area contributed by atoms with E-state index >= 15 is 0 Å². The van der Waals surface area contributed by atoms with Gasteiger partial charge in [-0.2, -0.15) is 0 Å². The molecular weight excluding hydrogens is 378 g/mol. The summed E-state index contributed by atoms with van der Waals surface area (Å²) in [7, 11) is -3.00. The lowest BCUT2D eigenvalue weighted by molar-refractivity contribution is -0.143. The first kappa shape index (κ1) is 18.9. The van der Waals surface area contributed by atoms with Crippen LogP contribution in [-0.4, -0.2) is 61.0 Å². The van der Waals surface area contributed by atoms with E-state index in [1.54, 1.807) is 24.3 Å². The lowest BCUT2D eigenvalue weighted by Gasteiger charge is -2.15. The SMILES string of the molecule is O=C(OCC(=O)N1CCCC1=O)c1ccccc1S[C@@H]1CCS(=O)(=O)C1. The van der Waals surface area contributed by atoms with Gasteiger partial charge in [-0.15, -0.1) is 11.8 Å². The Balaban J connectivity index is 1.62. The molecule has 9 heteroatoms. The van der Waals surface area contributed by atoms with Gasteiger partial charge in [-0.3, -0.25) is 14.5 Å². The summed E-state index contributed by atoms with van der Waals surface area (Å²) in [5.74, 6) is -1.17. The highest BCUT2D eigenvalue weighted by atomic mass is 32.2. The molecule has 140 valence electrons. The van der Waals surface area contributed by atoms with E-state index in [1.165, 1.54) is 11.8 Å². The summed E-state index contributed by atoms with van der Waals surface area (Å²) in [5, 5.41) is -0.0993. The van der Waals surface area contributed by atoms with Gasteiger partial charge in [0.2, 0.25) is 5.91 Å². The second kappa shape index (κ2) is 7.79. The molecule has 2 amide bonds. The summed E-state index contributed by atoms with van der Waals surface area (Å²) in [6, 6.07) is 6.76. The molecule has 0 N–H and O–H groups in total. The molecule has 2 saturated heterocycles.